The van der Waals surface area contributed by atoms with E-state index in [2.05, 4.69) is 15.3 Å². The molecule has 2 N–H and O–H groups in total. The summed E-state index contributed by atoms with van der Waals surface area (Å²) < 4.78 is 3.50. The molecule has 1 aliphatic rings. The van der Waals surface area contributed by atoms with Gasteiger partial charge >= 0.3 is 0 Å². The monoisotopic (exact) mass is 289 g/mol. The van der Waals surface area contributed by atoms with Crippen molar-refractivity contribution in [1.82, 2.24) is 29.4 Å². The molecule has 1 atom stereocenters. The van der Waals surface area contributed by atoms with E-state index >= 15 is 0 Å². The second kappa shape index (κ2) is 5.55. The molecular weight excluding hydrogens is 270 g/mol. The lowest BCUT2D eigenvalue weighted by Crippen LogP contribution is -2.41. The zero-order chi connectivity index (χ0) is 14.8. The summed E-state index contributed by atoms with van der Waals surface area (Å²) in [6.45, 7) is 1.69. The highest BCUT2D eigenvalue weighted by Crippen LogP contribution is 2.25. The number of anilines is 1. The van der Waals surface area contributed by atoms with Crippen LogP contribution in [0.2, 0.25) is 0 Å². The van der Waals surface area contributed by atoms with Crippen LogP contribution < -0.4 is 5.73 Å². The molecule has 0 aliphatic carbocycles. The van der Waals surface area contributed by atoms with E-state index in [1.165, 1.54) is 0 Å². The number of nitrogens with zero attached hydrogens (tertiary/aromatic N) is 6. The number of likely N-dealkylation sites (tertiary alicyclic amines) is 1. The fourth-order valence-electron chi connectivity index (χ4n) is 2.78. The molecule has 0 bridgehead atoms. The van der Waals surface area contributed by atoms with Gasteiger partial charge in [0.15, 0.2) is 0 Å². The van der Waals surface area contributed by atoms with Gasteiger partial charge in [-0.1, -0.05) is 0 Å². The maximum absolute atomic E-state index is 12.4. The Morgan fingerprint density at radius 3 is 3.05 bits per heavy atom. The quantitative estimate of drug-likeness (QED) is 0.858. The molecular formula is C13H19N7O. The van der Waals surface area contributed by atoms with Crippen molar-refractivity contribution in [3.05, 3.63) is 24.4 Å². The van der Waals surface area contributed by atoms with Gasteiger partial charge in [0.25, 0.3) is 0 Å². The molecule has 112 valence electrons. The fraction of sp³-hybridized carbons (Fsp3) is 0.538. The zero-order valence-corrected chi connectivity index (χ0v) is 12.0. The summed E-state index contributed by atoms with van der Waals surface area (Å²) in [7, 11) is 1.93. The Morgan fingerprint density at radius 1 is 1.52 bits per heavy atom. The van der Waals surface area contributed by atoms with Crippen molar-refractivity contribution in [3.63, 3.8) is 0 Å². The van der Waals surface area contributed by atoms with Crippen molar-refractivity contribution in [2.45, 2.75) is 25.3 Å². The van der Waals surface area contributed by atoms with Crippen molar-refractivity contribution in [2.24, 2.45) is 7.05 Å². The molecule has 3 heterocycles. The van der Waals surface area contributed by atoms with Crippen molar-refractivity contribution < 1.29 is 4.79 Å². The SMILES string of the molecule is Cn1cnnc1C1CCCN(C(=O)Cn2ccc(N)n2)C1. The number of carbonyl (C=O) groups is 1. The molecule has 8 nitrogen and oxygen atoms in total. The van der Waals surface area contributed by atoms with Crippen LogP contribution in [-0.4, -0.2) is 48.4 Å². The Hall–Kier alpha value is -2.38. The lowest BCUT2D eigenvalue weighted by Gasteiger charge is -2.32. The number of carbonyl (C=O) groups excluding carboxylic acids is 1. The average molecular weight is 289 g/mol. The van der Waals surface area contributed by atoms with E-state index in [4.69, 9.17) is 5.73 Å². The first-order chi connectivity index (χ1) is 10.1. The normalized spacial score (nSPS) is 18.9. The minimum absolute atomic E-state index is 0.0602. The first kappa shape index (κ1) is 13.6. The van der Waals surface area contributed by atoms with Gasteiger partial charge in [-0.05, 0) is 18.9 Å². The molecule has 0 radical (unpaired) electrons. The van der Waals surface area contributed by atoms with Crippen molar-refractivity contribution in [1.29, 1.82) is 0 Å². The van der Waals surface area contributed by atoms with E-state index in [0.29, 0.717) is 12.4 Å². The third-order valence-corrected chi connectivity index (χ3v) is 3.84. The maximum atomic E-state index is 12.4. The maximum Gasteiger partial charge on any atom is 0.244 e. The number of nitrogen functional groups attached to an aromatic ring is 1. The molecule has 0 aromatic carbocycles. The second-order valence-electron chi connectivity index (χ2n) is 5.42. The summed E-state index contributed by atoms with van der Waals surface area (Å²) in [5.41, 5.74) is 5.56. The van der Waals surface area contributed by atoms with Crippen LogP contribution >= 0.6 is 0 Å². The minimum Gasteiger partial charge on any atom is -0.382 e. The van der Waals surface area contributed by atoms with Gasteiger partial charge < -0.3 is 15.2 Å². The summed E-state index contributed by atoms with van der Waals surface area (Å²) in [4.78, 5) is 14.2. The van der Waals surface area contributed by atoms with Gasteiger partial charge in [0.05, 0.1) is 0 Å². The van der Waals surface area contributed by atoms with Crippen molar-refractivity contribution in [2.75, 3.05) is 18.8 Å². The predicted octanol–water partition coefficient (Wildman–Crippen LogP) is -0.000000000000000111. The first-order valence-electron chi connectivity index (χ1n) is 7.04. The van der Waals surface area contributed by atoms with Crippen LogP contribution in [0.15, 0.2) is 18.6 Å². The van der Waals surface area contributed by atoms with Crippen LogP contribution in [0, 0.1) is 0 Å². The lowest BCUT2D eigenvalue weighted by atomic mass is 9.97. The number of amides is 1. The molecule has 2 aromatic heterocycles. The summed E-state index contributed by atoms with van der Waals surface area (Å²) >= 11 is 0. The number of rotatable bonds is 3. The second-order valence-corrected chi connectivity index (χ2v) is 5.42. The third kappa shape index (κ3) is 2.88. The van der Waals surface area contributed by atoms with E-state index in [1.807, 2.05) is 16.5 Å². The molecule has 1 fully saturated rings. The predicted molar refractivity (Wildman–Crippen MR) is 76.2 cm³/mol. The molecule has 2 aromatic rings. The number of hydrogen-bond acceptors (Lipinski definition) is 5. The fourth-order valence-corrected chi connectivity index (χ4v) is 2.78. The van der Waals surface area contributed by atoms with Crippen LogP contribution in [0.5, 0.6) is 0 Å². The minimum atomic E-state index is 0.0602. The number of nitrogens with two attached hydrogens (primary N) is 1. The molecule has 8 heteroatoms. The van der Waals surface area contributed by atoms with Crippen LogP contribution in [0.25, 0.3) is 0 Å². The van der Waals surface area contributed by atoms with Gasteiger partial charge in [-0.25, -0.2) is 0 Å². The Bertz CT molecular complexity index is 632. The van der Waals surface area contributed by atoms with E-state index in [-0.39, 0.29) is 18.4 Å². The number of hydrogen-bond donors (Lipinski definition) is 1. The van der Waals surface area contributed by atoms with Crippen LogP contribution in [-0.2, 0) is 18.4 Å². The highest BCUT2D eigenvalue weighted by Gasteiger charge is 2.27. The highest BCUT2D eigenvalue weighted by atomic mass is 16.2. The summed E-state index contributed by atoms with van der Waals surface area (Å²) in [6, 6.07) is 1.69. The standard InChI is InChI=1S/C13H19N7O/c1-18-9-15-16-13(18)10-3-2-5-19(7-10)12(21)8-20-6-4-11(14)17-20/h4,6,9-10H,2-3,5,7-8H2,1H3,(H2,14,17). The zero-order valence-electron chi connectivity index (χ0n) is 12.0. The average Bonchev–Trinajstić information content (AvgIpc) is 3.07. The molecule has 1 unspecified atom stereocenters. The smallest absolute Gasteiger partial charge is 0.244 e. The van der Waals surface area contributed by atoms with Gasteiger partial charge in [0.1, 0.15) is 24.5 Å². The largest absolute Gasteiger partial charge is 0.382 e. The topological polar surface area (TPSA) is 94.9 Å². The first-order valence-corrected chi connectivity index (χ1v) is 7.04. The van der Waals surface area contributed by atoms with Crippen molar-refractivity contribution in [3.8, 4) is 0 Å². The Morgan fingerprint density at radius 2 is 2.38 bits per heavy atom. The van der Waals surface area contributed by atoms with Crippen LogP contribution in [0.4, 0.5) is 5.82 Å². The molecule has 0 saturated carbocycles. The van der Waals surface area contributed by atoms with Crippen molar-refractivity contribution >= 4 is 11.7 Å². The van der Waals surface area contributed by atoms with Crippen LogP contribution in [0.1, 0.15) is 24.6 Å². The van der Waals surface area contributed by atoms with E-state index in [0.717, 1.165) is 25.2 Å². The number of aryl methyl sites for hydroxylation is 1. The summed E-state index contributed by atoms with van der Waals surface area (Å²) in [6.07, 6.45) is 5.43. The summed E-state index contributed by atoms with van der Waals surface area (Å²) in [5.74, 6) is 1.68. The van der Waals surface area contributed by atoms with E-state index in [9.17, 15) is 4.79 Å². The Kier molecular flexibility index (Phi) is 3.59. The van der Waals surface area contributed by atoms with Crippen LogP contribution in [0.3, 0.4) is 0 Å². The molecule has 1 saturated heterocycles. The highest BCUT2D eigenvalue weighted by molar-refractivity contribution is 5.76. The van der Waals surface area contributed by atoms with Gasteiger partial charge in [0.2, 0.25) is 5.91 Å². The molecule has 3 rings (SSSR count). The third-order valence-electron chi connectivity index (χ3n) is 3.84. The van der Waals surface area contributed by atoms with Gasteiger partial charge in [0, 0.05) is 32.3 Å². The van der Waals surface area contributed by atoms with Gasteiger partial charge in [-0.3, -0.25) is 9.48 Å². The lowest BCUT2D eigenvalue weighted by molar-refractivity contribution is -0.133. The summed E-state index contributed by atoms with van der Waals surface area (Å²) in [5, 5.41) is 12.1. The van der Waals surface area contributed by atoms with Gasteiger partial charge in [-0.2, -0.15) is 5.10 Å². The molecule has 1 amide bonds. The number of piperidine rings is 1. The van der Waals surface area contributed by atoms with E-state index in [1.54, 1.807) is 23.3 Å². The Labute approximate surface area is 122 Å². The molecule has 1 aliphatic heterocycles. The number of aromatic nitrogens is 5. The molecule has 0 spiro atoms. The van der Waals surface area contributed by atoms with Gasteiger partial charge in [-0.15, -0.1) is 10.2 Å². The molecule has 21 heavy (non-hydrogen) atoms. The Balaban J connectivity index is 1.65. The van der Waals surface area contributed by atoms with E-state index < -0.39 is 0 Å².